The number of hydrogen-bond donors (Lipinski definition) is 3. The van der Waals surface area contributed by atoms with E-state index in [4.69, 9.17) is 14.2 Å². The summed E-state index contributed by atoms with van der Waals surface area (Å²) in [7, 11) is -2.84. The predicted molar refractivity (Wildman–Crippen MR) is 195 cm³/mol. The molecule has 1 aromatic heterocycles. The second-order valence-corrected chi connectivity index (χ2v) is 18.3. The topological polar surface area (TPSA) is 195 Å². The molecule has 0 spiro atoms. The van der Waals surface area contributed by atoms with Crippen LogP contribution in [0, 0.1) is 23.2 Å². The van der Waals surface area contributed by atoms with Gasteiger partial charge in [0.15, 0.2) is 5.69 Å². The van der Waals surface area contributed by atoms with Crippen molar-refractivity contribution in [3.05, 3.63) is 23.9 Å². The van der Waals surface area contributed by atoms with Crippen LogP contribution in [-0.2, 0) is 35.1 Å². The third-order valence-corrected chi connectivity index (χ3v) is 11.8. The molecule has 15 nitrogen and oxygen atoms in total. The molecular formula is C37H48F4N6O9S. The summed E-state index contributed by atoms with van der Waals surface area (Å²) in [5.41, 5.74) is -3.83. The van der Waals surface area contributed by atoms with Gasteiger partial charge >= 0.3 is 6.09 Å². The van der Waals surface area contributed by atoms with Crippen molar-refractivity contribution in [3.63, 3.8) is 0 Å². The first-order valence-electron chi connectivity index (χ1n) is 18.9. The number of benzene rings is 1. The summed E-state index contributed by atoms with van der Waals surface area (Å²) in [4.78, 5) is 65.4. The normalized spacial score (nSPS) is 30.4. The molecule has 0 radical (unpaired) electrons. The van der Waals surface area contributed by atoms with Crippen molar-refractivity contribution in [1.82, 2.24) is 30.2 Å². The SMILES string of the molecule is CC[C@@H]1[C@@H]2CN(C(=O)[C@H](C(C)(C)C)NC(=O)O[C@@H]3C[C@H]3CCCCC(F)(F)c3nc4ccc(OC)cc4nc3O2)[C@@H]1C(=O)N[C@]1(C(=O)NS(C)(=O)=O)C[C@H]1C(F)F. The van der Waals surface area contributed by atoms with Gasteiger partial charge in [-0.15, -0.1) is 0 Å². The van der Waals surface area contributed by atoms with Gasteiger partial charge in [-0.05, 0) is 55.6 Å². The Bertz CT molecular complexity index is 2040. The summed E-state index contributed by atoms with van der Waals surface area (Å²) >= 11 is 0. The first kappa shape index (κ1) is 42.1. The van der Waals surface area contributed by atoms with E-state index in [0.29, 0.717) is 31.3 Å². The van der Waals surface area contributed by atoms with Crippen LogP contribution in [0.3, 0.4) is 0 Å². The lowest BCUT2D eigenvalue weighted by molar-refractivity contribution is -0.144. The van der Waals surface area contributed by atoms with Gasteiger partial charge in [0.25, 0.3) is 11.8 Å². The Morgan fingerprint density at radius 1 is 1.11 bits per heavy atom. The summed E-state index contributed by atoms with van der Waals surface area (Å²) in [5.74, 6) is -9.92. The monoisotopic (exact) mass is 828 g/mol. The molecule has 3 N–H and O–H groups in total. The number of carbonyl (C=O) groups is 4. The van der Waals surface area contributed by atoms with Crippen LogP contribution in [0.15, 0.2) is 18.2 Å². The quantitative estimate of drug-likeness (QED) is 0.341. The number of amides is 4. The number of ether oxygens (including phenoxy) is 3. The molecule has 2 saturated carbocycles. The number of alkyl halides is 4. The number of rotatable bonds is 7. The summed E-state index contributed by atoms with van der Waals surface area (Å²) in [6.07, 6.45) is -4.77. The fourth-order valence-electron chi connectivity index (χ4n) is 7.91. The molecule has 314 valence electrons. The minimum Gasteiger partial charge on any atom is -0.497 e. The molecule has 1 saturated heterocycles. The van der Waals surface area contributed by atoms with Crippen molar-refractivity contribution in [2.24, 2.45) is 23.2 Å². The molecule has 4 aliphatic rings. The maximum absolute atomic E-state index is 16.3. The third kappa shape index (κ3) is 8.84. The first-order valence-corrected chi connectivity index (χ1v) is 20.8. The highest BCUT2D eigenvalue weighted by Crippen LogP contribution is 2.49. The molecule has 20 heteroatoms. The van der Waals surface area contributed by atoms with Crippen molar-refractivity contribution >= 4 is 44.9 Å². The van der Waals surface area contributed by atoms with Crippen LogP contribution in [0.2, 0.25) is 0 Å². The Hall–Kier alpha value is -4.49. The number of nitrogens with one attached hydrogen (secondary N) is 3. The molecule has 3 heterocycles. The smallest absolute Gasteiger partial charge is 0.408 e. The maximum Gasteiger partial charge on any atom is 0.408 e. The fraction of sp³-hybridized carbons (Fsp3) is 0.676. The molecular weight excluding hydrogens is 780 g/mol. The fourth-order valence-corrected chi connectivity index (χ4v) is 8.43. The van der Waals surface area contributed by atoms with E-state index < -0.39 is 124 Å². The van der Waals surface area contributed by atoms with E-state index in [1.807, 2.05) is 0 Å². The number of methoxy groups -OCH3 is 1. The van der Waals surface area contributed by atoms with Crippen LogP contribution in [0.25, 0.3) is 11.0 Å². The molecule has 2 bridgehead atoms. The lowest BCUT2D eigenvalue weighted by Gasteiger charge is -2.36. The van der Waals surface area contributed by atoms with Gasteiger partial charge in [0, 0.05) is 18.4 Å². The van der Waals surface area contributed by atoms with Gasteiger partial charge in [-0.1, -0.05) is 34.1 Å². The largest absolute Gasteiger partial charge is 0.497 e. The number of hydrogen-bond acceptors (Lipinski definition) is 11. The van der Waals surface area contributed by atoms with Crippen molar-refractivity contribution < 1.29 is 59.4 Å². The first-order chi connectivity index (χ1) is 26.6. The predicted octanol–water partition coefficient (Wildman–Crippen LogP) is 4.03. The van der Waals surface area contributed by atoms with Crippen LogP contribution < -0.4 is 24.8 Å². The van der Waals surface area contributed by atoms with Gasteiger partial charge in [0.05, 0.1) is 36.9 Å². The zero-order chi connectivity index (χ0) is 41.8. The maximum atomic E-state index is 16.3. The Labute approximate surface area is 327 Å². The average molecular weight is 829 g/mol. The number of halogens is 4. The van der Waals surface area contributed by atoms with Crippen molar-refractivity contribution in [2.45, 2.75) is 115 Å². The van der Waals surface area contributed by atoms with Gasteiger partial charge in [-0.3, -0.25) is 19.1 Å². The molecule has 2 aliphatic heterocycles. The molecule has 6 rings (SSSR count). The Balaban J connectivity index is 1.45. The van der Waals surface area contributed by atoms with E-state index in [1.165, 1.54) is 19.2 Å². The number of carbonyl (C=O) groups excluding carboxylic acids is 4. The minimum atomic E-state index is -4.25. The number of nitrogens with zero attached hydrogens (tertiary/aromatic N) is 3. The van der Waals surface area contributed by atoms with Crippen molar-refractivity contribution in [1.29, 1.82) is 0 Å². The lowest BCUT2D eigenvalue weighted by atomic mass is 9.85. The Kier molecular flexibility index (Phi) is 11.3. The van der Waals surface area contributed by atoms with Crippen LogP contribution in [0.4, 0.5) is 22.4 Å². The second-order valence-electron chi connectivity index (χ2n) is 16.5. The standard InChI is InChI=1S/C37H48F4N6O9S/c1-7-20-25-17-47(26(20)30(48)45-36(16-21(36)29(38)39)33(50)46-57(6,52)53)32(49)28(35(2,3)4)44-34(51)56-24-14-18(24)10-8-9-13-37(40,41)27-31(55-25)43-23-15-19(54-5)11-12-22(23)42-27/h11-12,15,18,20-21,24-26,28-29H,7-10,13-14,16-17H2,1-6H3,(H,44,51)(H,45,48)(H,46,50)/t18-,20-,21+,24-,25+,26+,28-,36-/m1/s1. The van der Waals surface area contributed by atoms with Crippen LogP contribution >= 0.6 is 0 Å². The van der Waals surface area contributed by atoms with Gasteiger partial charge in [-0.25, -0.2) is 32.0 Å². The molecule has 2 aromatic rings. The van der Waals surface area contributed by atoms with E-state index in [2.05, 4.69) is 20.6 Å². The Morgan fingerprint density at radius 3 is 2.44 bits per heavy atom. The average Bonchev–Trinajstić information content (AvgIpc) is 4.01. The van der Waals surface area contributed by atoms with E-state index in [1.54, 1.807) is 38.5 Å². The van der Waals surface area contributed by atoms with E-state index in [9.17, 15) is 36.4 Å². The highest BCUT2D eigenvalue weighted by molar-refractivity contribution is 7.89. The zero-order valence-corrected chi connectivity index (χ0v) is 33.3. The molecule has 2 aliphatic carbocycles. The molecule has 1 aromatic carbocycles. The second kappa shape index (κ2) is 15.4. The van der Waals surface area contributed by atoms with Crippen LogP contribution in [-0.4, -0.2) is 103 Å². The van der Waals surface area contributed by atoms with Crippen LogP contribution in [0.5, 0.6) is 11.6 Å². The highest BCUT2D eigenvalue weighted by atomic mass is 32.2. The van der Waals surface area contributed by atoms with Crippen molar-refractivity contribution in [3.8, 4) is 11.6 Å². The van der Waals surface area contributed by atoms with E-state index >= 15 is 8.78 Å². The van der Waals surface area contributed by atoms with E-state index in [-0.39, 0.29) is 29.8 Å². The minimum absolute atomic E-state index is 0.0482. The highest BCUT2D eigenvalue weighted by Gasteiger charge is 2.67. The zero-order valence-electron chi connectivity index (χ0n) is 32.4. The number of sulfonamides is 1. The molecule has 0 unspecified atom stereocenters. The van der Waals surface area contributed by atoms with Gasteiger partial charge in [-0.2, -0.15) is 8.78 Å². The number of alkyl carbamates (subject to hydrolysis) is 1. The summed E-state index contributed by atoms with van der Waals surface area (Å²) < 4.78 is 104. The molecule has 4 amide bonds. The summed E-state index contributed by atoms with van der Waals surface area (Å²) in [6, 6.07) is 1.57. The third-order valence-electron chi connectivity index (χ3n) is 11.2. The Morgan fingerprint density at radius 2 is 1.82 bits per heavy atom. The summed E-state index contributed by atoms with van der Waals surface area (Å²) in [5, 5.41) is 4.97. The van der Waals surface area contributed by atoms with Gasteiger partial charge in [0.1, 0.15) is 35.6 Å². The molecule has 3 fully saturated rings. The number of fused-ring (bicyclic) bond motifs is 5. The molecule has 57 heavy (non-hydrogen) atoms. The lowest BCUT2D eigenvalue weighted by Crippen LogP contribution is -2.61. The number of aromatic nitrogens is 2. The van der Waals surface area contributed by atoms with Crippen molar-refractivity contribution in [2.75, 3.05) is 19.9 Å². The van der Waals surface area contributed by atoms with Crippen LogP contribution in [0.1, 0.15) is 78.3 Å². The summed E-state index contributed by atoms with van der Waals surface area (Å²) in [6.45, 7) is 6.17. The van der Waals surface area contributed by atoms with E-state index in [0.717, 1.165) is 4.90 Å². The van der Waals surface area contributed by atoms with Gasteiger partial charge < -0.3 is 29.7 Å². The van der Waals surface area contributed by atoms with Gasteiger partial charge in [0.2, 0.25) is 34.1 Å². The molecule has 8 atom stereocenters.